The summed E-state index contributed by atoms with van der Waals surface area (Å²) in [6.07, 6.45) is 3.43. The first-order chi connectivity index (χ1) is 14.3. The molecule has 1 saturated carbocycles. The van der Waals surface area contributed by atoms with E-state index in [2.05, 4.69) is 5.32 Å². The molecule has 4 rings (SSSR count). The summed E-state index contributed by atoms with van der Waals surface area (Å²) in [5.41, 5.74) is 2.25. The van der Waals surface area contributed by atoms with E-state index in [9.17, 15) is 18.0 Å². The SMILES string of the molecule is Cc1cc(NC(=O)C2(S(=O)(=O)c3ccccc3)CCCC2)ccc1N1CCCC1=O. The average molecular weight is 427 g/mol. The first-order valence-electron chi connectivity index (χ1n) is 10.4. The Balaban J connectivity index is 1.62. The summed E-state index contributed by atoms with van der Waals surface area (Å²) < 4.78 is 25.4. The van der Waals surface area contributed by atoms with E-state index >= 15 is 0 Å². The van der Waals surface area contributed by atoms with Gasteiger partial charge in [0.2, 0.25) is 11.8 Å². The number of rotatable bonds is 5. The molecule has 2 aliphatic rings. The molecular weight excluding hydrogens is 400 g/mol. The van der Waals surface area contributed by atoms with E-state index in [4.69, 9.17) is 0 Å². The Bertz CT molecular complexity index is 1070. The predicted octanol–water partition coefficient (Wildman–Crippen LogP) is 3.85. The van der Waals surface area contributed by atoms with Crippen LogP contribution in [0.15, 0.2) is 53.4 Å². The summed E-state index contributed by atoms with van der Waals surface area (Å²) in [7, 11) is -3.82. The number of hydrogen-bond acceptors (Lipinski definition) is 4. The van der Waals surface area contributed by atoms with Gasteiger partial charge in [0, 0.05) is 24.3 Å². The molecule has 0 unspecified atom stereocenters. The summed E-state index contributed by atoms with van der Waals surface area (Å²) in [6.45, 7) is 2.59. The van der Waals surface area contributed by atoms with E-state index in [1.165, 1.54) is 0 Å². The van der Waals surface area contributed by atoms with E-state index in [0.29, 0.717) is 44.3 Å². The lowest BCUT2D eigenvalue weighted by Gasteiger charge is -2.28. The lowest BCUT2D eigenvalue weighted by molar-refractivity contribution is -0.118. The van der Waals surface area contributed by atoms with Crippen LogP contribution in [0.5, 0.6) is 0 Å². The Morgan fingerprint density at radius 1 is 1.03 bits per heavy atom. The van der Waals surface area contributed by atoms with Crippen molar-refractivity contribution in [3.63, 3.8) is 0 Å². The summed E-state index contributed by atoms with van der Waals surface area (Å²) >= 11 is 0. The maximum Gasteiger partial charge on any atom is 0.246 e. The fourth-order valence-corrected chi connectivity index (χ4v) is 6.66. The summed E-state index contributed by atoms with van der Waals surface area (Å²) in [6, 6.07) is 13.6. The van der Waals surface area contributed by atoms with Crippen molar-refractivity contribution in [1.29, 1.82) is 0 Å². The number of nitrogens with one attached hydrogen (secondary N) is 1. The van der Waals surface area contributed by atoms with Gasteiger partial charge in [0.25, 0.3) is 0 Å². The van der Waals surface area contributed by atoms with Gasteiger partial charge in [0.15, 0.2) is 14.6 Å². The fourth-order valence-electron chi connectivity index (χ4n) is 4.57. The second-order valence-electron chi connectivity index (χ2n) is 8.12. The minimum Gasteiger partial charge on any atom is -0.325 e. The van der Waals surface area contributed by atoms with Crippen LogP contribution in [0.1, 0.15) is 44.1 Å². The molecule has 0 radical (unpaired) electrons. The Hall–Kier alpha value is -2.67. The third-order valence-electron chi connectivity index (χ3n) is 6.21. The van der Waals surface area contributed by atoms with E-state index in [1.807, 2.05) is 13.0 Å². The molecule has 1 N–H and O–H groups in total. The second kappa shape index (κ2) is 7.87. The van der Waals surface area contributed by atoms with Crippen molar-refractivity contribution in [2.24, 2.45) is 0 Å². The van der Waals surface area contributed by atoms with Gasteiger partial charge in [-0.1, -0.05) is 31.0 Å². The molecule has 1 heterocycles. The van der Waals surface area contributed by atoms with Gasteiger partial charge < -0.3 is 10.2 Å². The second-order valence-corrected chi connectivity index (χ2v) is 10.4. The molecule has 6 nitrogen and oxygen atoms in total. The molecule has 2 fully saturated rings. The number of carbonyl (C=O) groups excluding carboxylic acids is 2. The maximum absolute atomic E-state index is 13.4. The highest BCUT2D eigenvalue weighted by Gasteiger charge is 2.52. The van der Waals surface area contributed by atoms with Crippen molar-refractivity contribution in [2.75, 3.05) is 16.8 Å². The molecule has 0 spiro atoms. The number of anilines is 2. The molecule has 0 bridgehead atoms. The maximum atomic E-state index is 13.4. The summed E-state index contributed by atoms with van der Waals surface area (Å²) in [4.78, 5) is 27.3. The third-order valence-corrected chi connectivity index (χ3v) is 8.73. The Labute approximate surface area is 177 Å². The van der Waals surface area contributed by atoms with Gasteiger partial charge in [0.05, 0.1) is 4.90 Å². The highest BCUT2D eigenvalue weighted by atomic mass is 32.2. The van der Waals surface area contributed by atoms with Gasteiger partial charge in [-0.2, -0.15) is 0 Å². The van der Waals surface area contributed by atoms with E-state index < -0.39 is 20.5 Å². The van der Waals surface area contributed by atoms with Crippen LogP contribution in [0.2, 0.25) is 0 Å². The van der Waals surface area contributed by atoms with Gasteiger partial charge in [0.1, 0.15) is 0 Å². The number of carbonyl (C=O) groups is 2. The van der Waals surface area contributed by atoms with Crippen molar-refractivity contribution in [3.05, 3.63) is 54.1 Å². The molecule has 158 valence electrons. The molecule has 1 aliphatic carbocycles. The van der Waals surface area contributed by atoms with Crippen molar-refractivity contribution >= 4 is 33.0 Å². The van der Waals surface area contributed by atoms with Crippen molar-refractivity contribution in [1.82, 2.24) is 0 Å². The Morgan fingerprint density at radius 3 is 2.33 bits per heavy atom. The summed E-state index contributed by atoms with van der Waals surface area (Å²) in [5, 5.41) is 2.85. The number of benzene rings is 2. The zero-order valence-corrected chi connectivity index (χ0v) is 17.9. The van der Waals surface area contributed by atoms with Crippen molar-refractivity contribution in [2.45, 2.75) is 55.1 Å². The van der Waals surface area contributed by atoms with Crippen LogP contribution in [0.4, 0.5) is 11.4 Å². The fraction of sp³-hybridized carbons (Fsp3) is 0.391. The molecule has 2 aromatic carbocycles. The van der Waals surface area contributed by atoms with E-state index in [-0.39, 0.29) is 10.8 Å². The molecule has 0 atom stereocenters. The molecule has 30 heavy (non-hydrogen) atoms. The zero-order chi connectivity index (χ0) is 21.4. The molecule has 2 aromatic rings. The Morgan fingerprint density at radius 2 is 1.73 bits per heavy atom. The monoisotopic (exact) mass is 426 g/mol. The summed E-state index contributed by atoms with van der Waals surface area (Å²) in [5.74, 6) is -0.373. The first kappa shape index (κ1) is 20.6. The van der Waals surface area contributed by atoms with Gasteiger partial charge >= 0.3 is 0 Å². The molecule has 0 aromatic heterocycles. The third kappa shape index (κ3) is 3.41. The van der Waals surface area contributed by atoms with E-state index in [1.54, 1.807) is 47.4 Å². The van der Waals surface area contributed by atoms with Crippen LogP contribution >= 0.6 is 0 Å². The average Bonchev–Trinajstić information content (AvgIpc) is 3.39. The van der Waals surface area contributed by atoms with Gasteiger partial charge in [-0.25, -0.2) is 8.42 Å². The van der Waals surface area contributed by atoms with Crippen LogP contribution in [0, 0.1) is 6.92 Å². The van der Waals surface area contributed by atoms with Gasteiger partial charge in [-0.05, 0) is 62.1 Å². The van der Waals surface area contributed by atoms with Crippen LogP contribution in [-0.2, 0) is 19.4 Å². The Kier molecular flexibility index (Phi) is 5.40. The molecule has 2 amide bonds. The highest BCUT2D eigenvalue weighted by Crippen LogP contribution is 2.41. The van der Waals surface area contributed by atoms with Gasteiger partial charge in [-0.3, -0.25) is 9.59 Å². The number of sulfone groups is 1. The number of hydrogen-bond donors (Lipinski definition) is 1. The quantitative estimate of drug-likeness (QED) is 0.787. The lowest BCUT2D eigenvalue weighted by Crippen LogP contribution is -2.47. The largest absolute Gasteiger partial charge is 0.325 e. The van der Waals surface area contributed by atoms with Crippen LogP contribution in [0.3, 0.4) is 0 Å². The molecule has 1 saturated heterocycles. The van der Waals surface area contributed by atoms with E-state index in [0.717, 1.165) is 17.7 Å². The van der Waals surface area contributed by atoms with Crippen molar-refractivity contribution in [3.8, 4) is 0 Å². The smallest absolute Gasteiger partial charge is 0.246 e. The minimum atomic E-state index is -3.82. The normalized spacial score (nSPS) is 18.6. The standard InChI is InChI=1S/C23H26N2O4S/c1-17-16-18(11-12-20(17)25-15-7-10-21(25)26)24-22(27)23(13-5-6-14-23)30(28,29)19-8-3-2-4-9-19/h2-4,8-9,11-12,16H,5-7,10,13-15H2,1H3,(H,24,27). The number of amides is 2. The van der Waals surface area contributed by atoms with Gasteiger partial charge in [-0.15, -0.1) is 0 Å². The highest BCUT2D eigenvalue weighted by molar-refractivity contribution is 7.93. The molecule has 1 aliphatic heterocycles. The molecule has 7 heteroatoms. The topological polar surface area (TPSA) is 83.6 Å². The van der Waals surface area contributed by atoms with Crippen LogP contribution < -0.4 is 10.2 Å². The zero-order valence-electron chi connectivity index (χ0n) is 17.1. The lowest BCUT2D eigenvalue weighted by atomic mass is 10.1. The predicted molar refractivity (Wildman–Crippen MR) is 116 cm³/mol. The van der Waals surface area contributed by atoms with Crippen LogP contribution in [0.25, 0.3) is 0 Å². The number of aryl methyl sites for hydroxylation is 1. The first-order valence-corrected chi connectivity index (χ1v) is 11.9. The van der Waals surface area contributed by atoms with Crippen molar-refractivity contribution < 1.29 is 18.0 Å². The minimum absolute atomic E-state index is 0.105. The molecular formula is C23H26N2O4S. The van der Waals surface area contributed by atoms with Crippen LogP contribution in [-0.4, -0.2) is 31.5 Å². The number of nitrogens with zero attached hydrogens (tertiary/aromatic N) is 1.